The molecule has 0 bridgehead atoms. The molecule has 134 valence electrons. The lowest BCUT2D eigenvalue weighted by molar-refractivity contribution is -0.130. The average Bonchev–Trinajstić information content (AvgIpc) is 3.03. The molecule has 3 rings (SSSR count). The minimum atomic E-state index is 0.141. The van der Waals surface area contributed by atoms with Gasteiger partial charge in [0, 0.05) is 31.6 Å². The van der Waals surface area contributed by atoms with E-state index in [1.165, 1.54) is 0 Å². The molecule has 0 aliphatic rings. The second-order valence-corrected chi connectivity index (χ2v) is 6.55. The fourth-order valence-electron chi connectivity index (χ4n) is 3.19. The Labute approximate surface area is 154 Å². The lowest BCUT2D eigenvalue weighted by Gasteiger charge is -2.21. The van der Waals surface area contributed by atoms with Crippen LogP contribution in [0.1, 0.15) is 26.1 Å². The van der Waals surface area contributed by atoms with Crippen LogP contribution in [0.5, 0.6) is 0 Å². The topological polar surface area (TPSA) is 38.1 Å². The van der Waals surface area contributed by atoms with Gasteiger partial charge in [0.15, 0.2) is 0 Å². The molecule has 0 aliphatic heterocycles. The lowest BCUT2D eigenvalue weighted by atomic mass is 10.2. The number of nitrogens with zero attached hydrogens (tertiary/aromatic N) is 3. The van der Waals surface area contributed by atoms with Crippen LogP contribution in [0.15, 0.2) is 66.7 Å². The Morgan fingerprint density at radius 3 is 2.50 bits per heavy atom. The number of hydrogen-bond acceptors (Lipinski definition) is 2. The number of aryl methyl sites for hydroxylation is 1. The van der Waals surface area contributed by atoms with Crippen molar-refractivity contribution < 1.29 is 4.79 Å². The molecule has 0 radical (unpaired) electrons. The number of amides is 1. The number of carbonyl (C=O) groups excluding carboxylic acids is 1. The number of carbonyl (C=O) groups is 1. The van der Waals surface area contributed by atoms with Crippen LogP contribution >= 0.6 is 0 Å². The van der Waals surface area contributed by atoms with Crippen molar-refractivity contribution in [3.05, 3.63) is 72.6 Å². The first-order valence-electron chi connectivity index (χ1n) is 9.04. The van der Waals surface area contributed by atoms with E-state index in [0.29, 0.717) is 25.9 Å². The van der Waals surface area contributed by atoms with Crippen molar-refractivity contribution in [2.24, 2.45) is 0 Å². The molecule has 0 atom stereocenters. The summed E-state index contributed by atoms with van der Waals surface area (Å²) in [6, 6.07) is 18.3. The van der Waals surface area contributed by atoms with E-state index >= 15 is 0 Å². The van der Waals surface area contributed by atoms with Crippen LogP contribution in [0.4, 0.5) is 0 Å². The molecule has 0 saturated carbocycles. The van der Waals surface area contributed by atoms with E-state index in [1.807, 2.05) is 55.1 Å². The van der Waals surface area contributed by atoms with Crippen molar-refractivity contribution in [1.29, 1.82) is 0 Å². The van der Waals surface area contributed by atoms with Gasteiger partial charge < -0.3 is 4.90 Å². The number of likely N-dealkylation sites (N-methyl/N-ethyl adjacent to an activating group) is 1. The number of para-hydroxylation sites is 3. The molecule has 4 nitrogen and oxygen atoms in total. The van der Waals surface area contributed by atoms with Crippen LogP contribution in [0.25, 0.3) is 16.7 Å². The normalized spacial score (nSPS) is 10.8. The SMILES string of the molecule is C=C(C)CN(CC)C(=O)CCc1nc2ccccc2n1-c1ccccc1. The molecule has 2 aromatic carbocycles. The molecule has 1 heterocycles. The highest BCUT2D eigenvalue weighted by Crippen LogP contribution is 2.22. The molecule has 0 N–H and O–H groups in total. The van der Waals surface area contributed by atoms with E-state index in [2.05, 4.69) is 29.3 Å². The van der Waals surface area contributed by atoms with Crippen LogP contribution in [-0.4, -0.2) is 33.4 Å². The van der Waals surface area contributed by atoms with Gasteiger partial charge in [-0.05, 0) is 38.1 Å². The second-order valence-electron chi connectivity index (χ2n) is 6.55. The molecular weight excluding hydrogens is 322 g/mol. The minimum absolute atomic E-state index is 0.141. The predicted octanol–water partition coefficient (Wildman–Crippen LogP) is 4.38. The summed E-state index contributed by atoms with van der Waals surface area (Å²) in [6.07, 6.45) is 1.05. The third-order valence-electron chi connectivity index (χ3n) is 4.40. The molecule has 1 amide bonds. The molecule has 3 aromatic rings. The molecular formula is C22H25N3O. The van der Waals surface area contributed by atoms with Gasteiger partial charge >= 0.3 is 0 Å². The summed E-state index contributed by atoms with van der Waals surface area (Å²) in [4.78, 5) is 19.2. The highest BCUT2D eigenvalue weighted by atomic mass is 16.2. The van der Waals surface area contributed by atoms with Gasteiger partial charge in [0.1, 0.15) is 5.82 Å². The highest BCUT2D eigenvalue weighted by Gasteiger charge is 2.16. The highest BCUT2D eigenvalue weighted by molar-refractivity contribution is 5.79. The van der Waals surface area contributed by atoms with Gasteiger partial charge in [-0.1, -0.05) is 42.5 Å². The summed E-state index contributed by atoms with van der Waals surface area (Å²) >= 11 is 0. The number of benzene rings is 2. The first kappa shape index (κ1) is 17.9. The summed E-state index contributed by atoms with van der Waals surface area (Å²) in [7, 11) is 0. The van der Waals surface area contributed by atoms with Crippen molar-refractivity contribution in [3.63, 3.8) is 0 Å². The minimum Gasteiger partial charge on any atom is -0.339 e. The van der Waals surface area contributed by atoms with Crippen LogP contribution < -0.4 is 0 Å². The van der Waals surface area contributed by atoms with E-state index in [9.17, 15) is 4.79 Å². The molecule has 26 heavy (non-hydrogen) atoms. The Kier molecular flexibility index (Phi) is 5.52. The fourth-order valence-corrected chi connectivity index (χ4v) is 3.19. The van der Waals surface area contributed by atoms with Crippen molar-refractivity contribution in [1.82, 2.24) is 14.5 Å². The Morgan fingerprint density at radius 1 is 1.12 bits per heavy atom. The molecule has 0 aliphatic carbocycles. The zero-order chi connectivity index (χ0) is 18.5. The maximum Gasteiger partial charge on any atom is 0.223 e. The van der Waals surface area contributed by atoms with Crippen molar-refractivity contribution in [2.75, 3.05) is 13.1 Å². The first-order valence-corrected chi connectivity index (χ1v) is 9.04. The lowest BCUT2D eigenvalue weighted by Crippen LogP contribution is -2.32. The van der Waals surface area contributed by atoms with Gasteiger partial charge in [-0.15, -0.1) is 0 Å². The van der Waals surface area contributed by atoms with E-state index in [1.54, 1.807) is 0 Å². The van der Waals surface area contributed by atoms with Crippen LogP contribution in [0.2, 0.25) is 0 Å². The number of aromatic nitrogens is 2. The molecule has 4 heteroatoms. The predicted molar refractivity (Wildman–Crippen MR) is 106 cm³/mol. The molecule has 1 aromatic heterocycles. The number of hydrogen-bond donors (Lipinski definition) is 0. The monoisotopic (exact) mass is 347 g/mol. The molecule has 0 unspecified atom stereocenters. The van der Waals surface area contributed by atoms with Gasteiger partial charge in [0.2, 0.25) is 5.91 Å². The molecule has 0 saturated heterocycles. The Balaban J connectivity index is 1.88. The maximum atomic E-state index is 12.6. The summed E-state index contributed by atoms with van der Waals surface area (Å²) in [5.74, 6) is 1.05. The summed E-state index contributed by atoms with van der Waals surface area (Å²) < 4.78 is 2.15. The standard InChI is InChI=1S/C22H25N3O/c1-4-24(16-17(2)3)22(26)15-14-21-23-19-12-8-9-13-20(19)25(21)18-10-6-5-7-11-18/h5-13H,2,4,14-16H2,1,3H3. The third-order valence-corrected chi connectivity index (χ3v) is 4.40. The van der Waals surface area contributed by atoms with Crippen molar-refractivity contribution in [3.8, 4) is 5.69 Å². The average molecular weight is 347 g/mol. The van der Waals surface area contributed by atoms with Crippen LogP contribution in [0.3, 0.4) is 0 Å². The third kappa shape index (κ3) is 3.85. The van der Waals surface area contributed by atoms with E-state index in [4.69, 9.17) is 4.98 Å². The number of imidazole rings is 1. The maximum absolute atomic E-state index is 12.6. The quantitative estimate of drug-likeness (QED) is 0.595. The summed E-state index contributed by atoms with van der Waals surface area (Å²) in [6.45, 7) is 9.18. The van der Waals surface area contributed by atoms with Crippen molar-refractivity contribution in [2.45, 2.75) is 26.7 Å². The molecule has 0 spiro atoms. The smallest absolute Gasteiger partial charge is 0.223 e. The van der Waals surface area contributed by atoms with E-state index in [0.717, 1.165) is 28.1 Å². The summed E-state index contributed by atoms with van der Waals surface area (Å²) in [5, 5.41) is 0. The van der Waals surface area contributed by atoms with Crippen LogP contribution in [0, 0.1) is 0 Å². The fraction of sp³-hybridized carbons (Fsp3) is 0.273. The number of rotatable bonds is 7. The van der Waals surface area contributed by atoms with Gasteiger partial charge in [0.05, 0.1) is 11.0 Å². The summed E-state index contributed by atoms with van der Waals surface area (Å²) in [5.41, 5.74) is 4.08. The van der Waals surface area contributed by atoms with Crippen molar-refractivity contribution >= 4 is 16.9 Å². The van der Waals surface area contributed by atoms with Gasteiger partial charge in [-0.3, -0.25) is 9.36 Å². The number of fused-ring (bicyclic) bond motifs is 1. The largest absolute Gasteiger partial charge is 0.339 e. The molecule has 0 fully saturated rings. The Bertz CT molecular complexity index is 912. The zero-order valence-corrected chi connectivity index (χ0v) is 15.5. The van der Waals surface area contributed by atoms with Gasteiger partial charge in [-0.25, -0.2) is 4.98 Å². The van der Waals surface area contributed by atoms with Gasteiger partial charge in [-0.2, -0.15) is 0 Å². The van der Waals surface area contributed by atoms with Gasteiger partial charge in [0.25, 0.3) is 0 Å². The van der Waals surface area contributed by atoms with E-state index in [-0.39, 0.29) is 5.91 Å². The van der Waals surface area contributed by atoms with E-state index < -0.39 is 0 Å². The Morgan fingerprint density at radius 2 is 1.81 bits per heavy atom. The second kappa shape index (κ2) is 8.00. The van der Waals surface area contributed by atoms with Crippen LogP contribution in [-0.2, 0) is 11.2 Å². The Hall–Kier alpha value is -2.88. The zero-order valence-electron chi connectivity index (χ0n) is 15.5. The first-order chi connectivity index (χ1) is 12.6.